The molecule has 0 aliphatic rings. The van der Waals surface area contributed by atoms with Gasteiger partial charge in [-0.05, 0) is 19.5 Å². The molecule has 132 valence electrons. The van der Waals surface area contributed by atoms with E-state index in [2.05, 4.69) is 46.9 Å². The molecule has 1 heterocycles. The third-order valence-corrected chi connectivity index (χ3v) is 4.57. The standard InChI is InChI=1S/C17H24N4OS.ClH/c1-13-4-6-14(7-5-13)12-23-9-8-19-17(22)16(18-2)15-10-20-21(3)11-15;/h4-7,10-11,16,18H,8-9,12H2,1-3H3,(H,19,22);1H. The molecule has 0 radical (unpaired) electrons. The van der Waals surface area contributed by atoms with Crippen LogP contribution in [0.5, 0.6) is 0 Å². The number of nitrogens with one attached hydrogen (secondary N) is 2. The van der Waals surface area contributed by atoms with Crippen LogP contribution in [0.2, 0.25) is 0 Å². The lowest BCUT2D eigenvalue weighted by Crippen LogP contribution is -2.36. The number of nitrogens with zero attached hydrogens (tertiary/aromatic N) is 2. The van der Waals surface area contributed by atoms with Crippen molar-refractivity contribution in [1.82, 2.24) is 20.4 Å². The Kier molecular flexibility index (Phi) is 8.89. The van der Waals surface area contributed by atoms with Crippen molar-refractivity contribution in [2.45, 2.75) is 18.7 Å². The quantitative estimate of drug-likeness (QED) is 0.703. The Hall–Kier alpha value is -1.50. The first kappa shape index (κ1) is 20.5. The first-order chi connectivity index (χ1) is 11.1. The van der Waals surface area contributed by atoms with Crippen LogP contribution in [0.25, 0.3) is 0 Å². The maximum absolute atomic E-state index is 12.2. The highest BCUT2D eigenvalue weighted by Crippen LogP contribution is 2.13. The lowest BCUT2D eigenvalue weighted by molar-refractivity contribution is -0.123. The number of aromatic nitrogens is 2. The molecule has 1 aromatic carbocycles. The minimum absolute atomic E-state index is 0. The van der Waals surface area contributed by atoms with Gasteiger partial charge in [-0.2, -0.15) is 16.9 Å². The maximum Gasteiger partial charge on any atom is 0.241 e. The molecule has 0 saturated carbocycles. The molecule has 1 aromatic heterocycles. The van der Waals surface area contributed by atoms with Crippen LogP contribution in [0.3, 0.4) is 0 Å². The smallest absolute Gasteiger partial charge is 0.241 e. The highest BCUT2D eigenvalue weighted by molar-refractivity contribution is 7.98. The average molecular weight is 369 g/mol. The number of hydrogen-bond acceptors (Lipinski definition) is 4. The van der Waals surface area contributed by atoms with E-state index >= 15 is 0 Å². The fourth-order valence-electron chi connectivity index (χ4n) is 2.26. The van der Waals surface area contributed by atoms with Gasteiger partial charge in [-0.1, -0.05) is 29.8 Å². The van der Waals surface area contributed by atoms with Crippen molar-refractivity contribution in [1.29, 1.82) is 0 Å². The van der Waals surface area contributed by atoms with Crippen molar-refractivity contribution in [2.75, 3.05) is 19.3 Å². The number of thioether (sulfide) groups is 1. The van der Waals surface area contributed by atoms with Gasteiger partial charge in [-0.3, -0.25) is 9.48 Å². The zero-order chi connectivity index (χ0) is 16.7. The van der Waals surface area contributed by atoms with E-state index in [1.165, 1.54) is 11.1 Å². The Labute approximate surface area is 154 Å². The van der Waals surface area contributed by atoms with Crippen molar-refractivity contribution in [3.05, 3.63) is 53.3 Å². The topological polar surface area (TPSA) is 59.0 Å². The van der Waals surface area contributed by atoms with Crippen LogP contribution < -0.4 is 10.6 Å². The predicted molar refractivity (Wildman–Crippen MR) is 103 cm³/mol. The highest BCUT2D eigenvalue weighted by atomic mass is 35.5. The van der Waals surface area contributed by atoms with Gasteiger partial charge in [0.2, 0.25) is 5.91 Å². The van der Waals surface area contributed by atoms with Crippen molar-refractivity contribution in [3.63, 3.8) is 0 Å². The Morgan fingerprint density at radius 2 is 2.04 bits per heavy atom. The first-order valence-corrected chi connectivity index (χ1v) is 8.82. The van der Waals surface area contributed by atoms with Crippen LogP contribution in [-0.4, -0.2) is 35.0 Å². The molecule has 5 nitrogen and oxygen atoms in total. The Balaban J connectivity index is 0.00000288. The molecule has 1 unspecified atom stereocenters. The molecule has 2 N–H and O–H groups in total. The molecule has 0 fully saturated rings. The van der Waals surface area contributed by atoms with E-state index in [1.54, 1.807) is 17.9 Å². The maximum atomic E-state index is 12.2. The van der Waals surface area contributed by atoms with Gasteiger partial charge in [-0.25, -0.2) is 0 Å². The minimum Gasteiger partial charge on any atom is -0.354 e. The Bertz CT molecular complexity index is 630. The number of likely N-dealkylation sites (N-methyl/N-ethyl adjacent to an activating group) is 1. The van der Waals surface area contributed by atoms with Crippen molar-refractivity contribution in [3.8, 4) is 0 Å². The van der Waals surface area contributed by atoms with E-state index in [4.69, 9.17) is 0 Å². The van der Waals surface area contributed by atoms with Crippen LogP contribution in [-0.2, 0) is 17.6 Å². The van der Waals surface area contributed by atoms with Gasteiger partial charge in [0.05, 0.1) is 6.20 Å². The van der Waals surface area contributed by atoms with Crippen LogP contribution >= 0.6 is 24.2 Å². The number of hydrogen-bond donors (Lipinski definition) is 2. The van der Waals surface area contributed by atoms with Crippen LogP contribution in [0.15, 0.2) is 36.7 Å². The zero-order valence-electron chi connectivity index (χ0n) is 14.3. The van der Waals surface area contributed by atoms with E-state index in [-0.39, 0.29) is 24.4 Å². The SMILES string of the molecule is CNC(C(=O)NCCSCc1ccc(C)cc1)c1cnn(C)c1.Cl. The van der Waals surface area contributed by atoms with Gasteiger partial charge in [0.25, 0.3) is 0 Å². The van der Waals surface area contributed by atoms with Crippen LogP contribution in [0.4, 0.5) is 0 Å². The molecular weight excluding hydrogens is 344 g/mol. The summed E-state index contributed by atoms with van der Waals surface area (Å²) >= 11 is 1.82. The molecule has 2 aromatic rings. The molecule has 0 aliphatic heterocycles. The number of benzene rings is 1. The average Bonchev–Trinajstić information content (AvgIpc) is 2.96. The fraction of sp³-hybridized carbons (Fsp3) is 0.412. The third kappa shape index (κ3) is 6.19. The third-order valence-electron chi connectivity index (χ3n) is 3.54. The van der Waals surface area contributed by atoms with Crippen molar-refractivity contribution < 1.29 is 4.79 Å². The summed E-state index contributed by atoms with van der Waals surface area (Å²) in [4.78, 5) is 12.2. The minimum atomic E-state index is -0.356. The fourth-order valence-corrected chi connectivity index (χ4v) is 3.08. The Morgan fingerprint density at radius 3 is 2.62 bits per heavy atom. The number of aryl methyl sites for hydroxylation is 2. The van der Waals surface area contributed by atoms with Gasteiger partial charge >= 0.3 is 0 Å². The van der Waals surface area contributed by atoms with E-state index in [0.717, 1.165) is 17.1 Å². The number of amides is 1. The normalized spacial score (nSPS) is 11.6. The molecule has 1 atom stereocenters. The number of rotatable bonds is 8. The summed E-state index contributed by atoms with van der Waals surface area (Å²) in [6.07, 6.45) is 3.57. The number of carbonyl (C=O) groups is 1. The van der Waals surface area contributed by atoms with E-state index in [0.29, 0.717) is 6.54 Å². The second-order valence-electron chi connectivity index (χ2n) is 5.50. The van der Waals surface area contributed by atoms with Crippen LogP contribution in [0, 0.1) is 6.92 Å². The summed E-state index contributed by atoms with van der Waals surface area (Å²) in [5.41, 5.74) is 3.47. The molecule has 0 spiro atoms. The molecule has 24 heavy (non-hydrogen) atoms. The summed E-state index contributed by atoms with van der Waals surface area (Å²) in [5, 5.41) is 10.1. The Morgan fingerprint density at radius 1 is 1.33 bits per heavy atom. The van der Waals surface area contributed by atoms with Crippen molar-refractivity contribution in [2.24, 2.45) is 7.05 Å². The first-order valence-electron chi connectivity index (χ1n) is 7.67. The summed E-state index contributed by atoms with van der Waals surface area (Å²) in [7, 11) is 3.62. The lowest BCUT2D eigenvalue weighted by Gasteiger charge is -2.14. The molecular formula is C17H25ClN4OS. The van der Waals surface area contributed by atoms with Gasteiger partial charge < -0.3 is 10.6 Å². The molecule has 0 saturated heterocycles. The van der Waals surface area contributed by atoms with E-state index in [1.807, 2.05) is 25.0 Å². The van der Waals surface area contributed by atoms with Gasteiger partial charge in [0, 0.05) is 36.9 Å². The molecule has 7 heteroatoms. The molecule has 2 rings (SSSR count). The van der Waals surface area contributed by atoms with Gasteiger partial charge in [-0.15, -0.1) is 12.4 Å². The number of halogens is 1. The molecule has 0 bridgehead atoms. The van der Waals surface area contributed by atoms with Crippen molar-refractivity contribution >= 4 is 30.1 Å². The predicted octanol–water partition coefficient (Wildman–Crippen LogP) is 2.46. The monoisotopic (exact) mass is 368 g/mol. The second-order valence-corrected chi connectivity index (χ2v) is 6.60. The van der Waals surface area contributed by atoms with E-state index in [9.17, 15) is 4.79 Å². The summed E-state index contributed by atoms with van der Waals surface area (Å²) < 4.78 is 1.70. The zero-order valence-corrected chi connectivity index (χ0v) is 15.9. The van der Waals surface area contributed by atoms with Gasteiger partial charge in [0.1, 0.15) is 6.04 Å². The van der Waals surface area contributed by atoms with Gasteiger partial charge in [0.15, 0.2) is 0 Å². The van der Waals surface area contributed by atoms with E-state index < -0.39 is 0 Å². The summed E-state index contributed by atoms with van der Waals surface area (Å²) in [5.74, 6) is 1.84. The largest absolute Gasteiger partial charge is 0.354 e. The molecule has 0 aliphatic carbocycles. The highest BCUT2D eigenvalue weighted by Gasteiger charge is 2.19. The molecule has 1 amide bonds. The lowest BCUT2D eigenvalue weighted by atomic mass is 10.1. The summed E-state index contributed by atoms with van der Waals surface area (Å²) in [6, 6.07) is 8.21. The van der Waals surface area contributed by atoms with Crippen LogP contribution in [0.1, 0.15) is 22.7 Å². The number of carbonyl (C=O) groups excluding carboxylic acids is 1. The second kappa shape index (κ2) is 10.4. The summed E-state index contributed by atoms with van der Waals surface area (Å²) in [6.45, 7) is 2.75.